The summed E-state index contributed by atoms with van der Waals surface area (Å²) >= 11 is 5.85. The molecule has 1 aliphatic heterocycles. The first-order chi connectivity index (χ1) is 9.11. The van der Waals surface area contributed by atoms with Crippen LogP contribution in [0.1, 0.15) is 18.5 Å². The minimum atomic E-state index is -0.368. The Hall–Kier alpha value is -0.680. The molecule has 1 N–H and O–H groups in total. The van der Waals surface area contributed by atoms with Crippen LogP contribution in [0, 0.1) is 5.82 Å². The van der Waals surface area contributed by atoms with Gasteiger partial charge in [-0.1, -0.05) is 17.7 Å². The first-order valence-electron chi connectivity index (χ1n) is 6.57. The standard InChI is InChI=1S/C14H20ClFN2O/c1-10(11-3-4-14(16)13(15)7-11)18-5-6-19-12(9-18)8-17-2/h3-4,7,10,12,17H,5-6,8-9H2,1-2H3. The summed E-state index contributed by atoms with van der Waals surface area (Å²) in [6.07, 6.45) is 0.206. The van der Waals surface area contributed by atoms with Gasteiger partial charge in [0.15, 0.2) is 0 Å². The molecule has 106 valence electrons. The Bertz CT molecular complexity index is 428. The van der Waals surface area contributed by atoms with E-state index in [0.717, 1.165) is 31.8 Å². The van der Waals surface area contributed by atoms with Gasteiger partial charge in [0.05, 0.1) is 17.7 Å². The highest BCUT2D eigenvalue weighted by molar-refractivity contribution is 6.30. The van der Waals surface area contributed by atoms with Crippen LogP contribution in [0.25, 0.3) is 0 Å². The number of ether oxygens (including phenoxy) is 1. The van der Waals surface area contributed by atoms with Gasteiger partial charge in [-0.15, -0.1) is 0 Å². The molecule has 0 saturated carbocycles. The number of nitrogens with zero attached hydrogens (tertiary/aromatic N) is 1. The maximum atomic E-state index is 13.2. The summed E-state index contributed by atoms with van der Waals surface area (Å²) in [5.74, 6) is -0.368. The van der Waals surface area contributed by atoms with Crippen LogP contribution in [-0.4, -0.2) is 44.3 Å². The molecule has 19 heavy (non-hydrogen) atoms. The number of hydrogen-bond acceptors (Lipinski definition) is 3. The van der Waals surface area contributed by atoms with Crippen LogP contribution in [0.4, 0.5) is 4.39 Å². The Labute approximate surface area is 118 Å². The molecular formula is C14H20ClFN2O. The number of likely N-dealkylation sites (N-methyl/N-ethyl adjacent to an activating group) is 1. The normalized spacial score (nSPS) is 22.4. The molecule has 1 saturated heterocycles. The van der Waals surface area contributed by atoms with Crippen molar-refractivity contribution in [3.63, 3.8) is 0 Å². The molecule has 2 unspecified atom stereocenters. The summed E-state index contributed by atoms with van der Waals surface area (Å²) in [4.78, 5) is 2.34. The molecule has 1 aromatic carbocycles. The van der Waals surface area contributed by atoms with Crippen molar-refractivity contribution < 1.29 is 9.13 Å². The number of halogens is 2. The first-order valence-corrected chi connectivity index (χ1v) is 6.95. The van der Waals surface area contributed by atoms with E-state index < -0.39 is 0 Å². The van der Waals surface area contributed by atoms with Gasteiger partial charge >= 0.3 is 0 Å². The lowest BCUT2D eigenvalue weighted by Gasteiger charge is -2.37. The predicted octanol–water partition coefficient (Wildman–Crippen LogP) is 2.46. The Morgan fingerprint density at radius 2 is 2.37 bits per heavy atom. The van der Waals surface area contributed by atoms with Gasteiger partial charge in [-0.2, -0.15) is 0 Å². The third kappa shape index (κ3) is 3.66. The van der Waals surface area contributed by atoms with Crippen LogP contribution in [0.2, 0.25) is 5.02 Å². The largest absolute Gasteiger partial charge is 0.374 e. The van der Waals surface area contributed by atoms with E-state index >= 15 is 0 Å². The van der Waals surface area contributed by atoms with Gasteiger partial charge in [0.1, 0.15) is 5.82 Å². The van der Waals surface area contributed by atoms with E-state index in [1.165, 1.54) is 6.07 Å². The highest BCUT2D eigenvalue weighted by Crippen LogP contribution is 2.26. The third-order valence-corrected chi connectivity index (χ3v) is 3.87. The lowest BCUT2D eigenvalue weighted by molar-refractivity contribution is -0.0393. The topological polar surface area (TPSA) is 24.5 Å². The highest BCUT2D eigenvalue weighted by atomic mass is 35.5. The van der Waals surface area contributed by atoms with Crippen molar-refractivity contribution in [2.75, 3.05) is 33.3 Å². The second kappa shape index (κ2) is 6.66. The lowest BCUT2D eigenvalue weighted by Crippen LogP contribution is -2.46. The summed E-state index contributed by atoms with van der Waals surface area (Å²) in [6, 6.07) is 5.15. The summed E-state index contributed by atoms with van der Waals surface area (Å²) in [5, 5.41) is 3.32. The molecule has 1 aromatic rings. The van der Waals surface area contributed by atoms with Crippen LogP contribution in [0.5, 0.6) is 0 Å². The first kappa shape index (κ1) is 14.7. The van der Waals surface area contributed by atoms with Crippen LogP contribution >= 0.6 is 11.6 Å². The fourth-order valence-corrected chi connectivity index (χ4v) is 2.62. The van der Waals surface area contributed by atoms with Crippen molar-refractivity contribution >= 4 is 11.6 Å². The molecule has 2 rings (SSSR count). The minimum absolute atomic E-state index is 0.185. The molecule has 5 heteroatoms. The molecule has 1 heterocycles. The number of benzene rings is 1. The van der Waals surface area contributed by atoms with E-state index in [9.17, 15) is 4.39 Å². The number of nitrogens with one attached hydrogen (secondary N) is 1. The average molecular weight is 287 g/mol. The van der Waals surface area contributed by atoms with Crippen molar-refractivity contribution in [2.24, 2.45) is 0 Å². The molecule has 1 aliphatic rings. The molecule has 0 radical (unpaired) electrons. The van der Waals surface area contributed by atoms with Crippen molar-refractivity contribution in [1.29, 1.82) is 0 Å². The number of rotatable bonds is 4. The predicted molar refractivity (Wildman–Crippen MR) is 75.1 cm³/mol. The molecule has 0 aromatic heterocycles. The third-order valence-electron chi connectivity index (χ3n) is 3.58. The van der Waals surface area contributed by atoms with Gasteiger partial charge in [-0.3, -0.25) is 4.90 Å². The van der Waals surface area contributed by atoms with Crippen LogP contribution in [-0.2, 0) is 4.74 Å². The Kier molecular flexibility index (Phi) is 5.16. The zero-order chi connectivity index (χ0) is 13.8. The van der Waals surface area contributed by atoms with Gasteiger partial charge < -0.3 is 10.1 Å². The van der Waals surface area contributed by atoms with E-state index in [0.29, 0.717) is 0 Å². The molecule has 0 amide bonds. The molecule has 0 aliphatic carbocycles. The Morgan fingerprint density at radius 3 is 3.05 bits per heavy atom. The molecule has 0 spiro atoms. The van der Waals surface area contributed by atoms with E-state index in [1.54, 1.807) is 12.1 Å². The van der Waals surface area contributed by atoms with Gasteiger partial charge in [0, 0.05) is 25.7 Å². The molecular weight excluding hydrogens is 267 g/mol. The van der Waals surface area contributed by atoms with Gasteiger partial charge in [-0.25, -0.2) is 4.39 Å². The van der Waals surface area contributed by atoms with E-state index in [1.807, 2.05) is 7.05 Å². The quantitative estimate of drug-likeness (QED) is 0.920. The van der Waals surface area contributed by atoms with E-state index in [4.69, 9.17) is 16.3 Å². The van der Waals surface area contributed by atoms with Gasteiger partial charge in [0.25, 0.3) is 0 Å². The Morgan fingerprint density at radius 1 is 1.58 bits per heavy atom. The van der Waals surface area contributed by atoms with Crippen LogP contribution < -0.4 is 5.32 Å². The summed E-state index contributed by atoms with van der Waals surface area (Å²) in [5.41, 5.74) is 1.04. The van der Waals surface area contributed by atoms with Gasteiger partial charge in [0.2, 0.25) is 0 Å². The monoisotopic (exact) mass is 286 g/mol. The fraction of sp³-hybridized carbons (Fsp3) is 0.571. The van der Waals surface area contributed by atoms with E-state index in [-0.39, 0.29) is 23.0 Å². The van der Waals surface area contributed by atoms with Crippen LogP contribution in [0.3, 0.4) is 0 Å². The van der Waals surface area contributed by atoms with Gasteiger partial charge in [-0.05, 0) is 31.7 Å². The number of morpholine rings is 1. The fourth-order valence-electron chi connectivity index (χ4n) is 2.43. The second-order valence-electron chi connectivity index (χ2n) is 4.89. The van der Waals surface area contributed by atoms with E-state index in [2.05, 4.69) is 17.1 Å². The Balaban J connectivity index is 2.05. The smallest absolute Gasteiger partial charge is 0.141 e. The molecule has 3 nitrogen and oxygen atoms in total. The van der Waals surface area contributed by atoms with Crippen LogP contribution in [0.15, 0.2) is 18.2 Å². The lowest BCUT2D eigenvalue weighted by atomic mass is 10.1. The number of hydrogen-bond donors (Lipinski definition) is 1. The zero-order valence-corrected chi connectivity index (χ0v) is 12.1. The maximum absolute atomic E-state index is 13.2. The maximum Gasteiger partial charge on any atom is 0.141 e. The zero-order valence-electron chi connectivity index (χ0n) is 11.3. The second-order valence-corrected chi connectivity index (χ2v) is 5.30. The van der Waals surface area contributed by atoms with Crippen molar-refractivity contribution in [1.82, 2.24) is 10.2 Å². The highest BCUT2D eigenvalue weighted by Gasteiger charge is 2.24. The summed E-state index contributed by atoms with van der Waals surface area (Å²) in [7, 11) is 1.92. The van der Waals surface area contributed by atoms with Crippen molar-refractivity contribution in [3.05, 3.63) is 34.6 Å². The SMILES string of the molecule is CNCC1CN(C(C)c2ccc(F)c(Cl)c2)CCO1. The van der Waals surface area contributed by atoms with Crippen molar-refractivity contribution in [3.8, 4) is 0 Å². The molecule has 0 bridgehead atoms. The minimum Gasteiger partial charge on any atom is -0.374 e. The van der Waals surface area contributed by atoms with Crippen molar-refractivity contribution in [2.45, 2.75) is 19.1 Å². The molecule has 2 atom stereocenters. The average Bonchev–Trinajstić information content (AvgIpc) is 2.42. The summed E-state index contributed by atoms with van der Waals surface area (Å²) < 4.78 is 18.9. The summed E-state index contributed by atoms with van der Waals surface area (Å²) in [6.45, 7) is 5.44. The molecule has 1 fully saturated rings.